The van der Waals surface area contributed by atoms with E-state index in [0.29, 0.717) is 26.3 Å². The molecule has 1 saturated heterocycles. The molecule has 1 aliphatic rings. The van der Waals surface area contributed by atoms with Gasteiger partial charge in [0, 0.05) is 20.1 Å². The average Bonchev–Trinajstić information content (AvgIpc) is 2.62. The van der Waals surface area contributed by atoms with E-state index in [-0.39, 0.29) is 29.5 Å². The number of rotatable bonds is 6. The first kappa shape index (κ1) is 19.4. The standard InChI is InChI=1S/C16H22N2O6S/c1-3-24-16(20)13-4-6-14(7-5-13)25(21,22)17(2)12-15(19)18-8-10-23-11-9-18/h4-7H,3,8-12H2,1-2H3. The first-order chi connectivity index (χ1) is 11.9. The van der Waals surface area contributed by atoms with Crippen LogP contribution in [0.4, 0.5) is 0 Å². The Morgan fingerprint density at radius 3 is 2.36 bits per heavy atom. The van der Waals surface area contributed by atoms with Crippen LogP contribution in [0.25, 0.3) is 0 Å². The van der Waals surface area contributed by atoms with Crippen LogP contribution in [-0.4, -0.2) is 76.0 Å². The number of amides is 1. The van der Waals surface area contributed by atoms with Crippen molar-refractivity contribution in [2.24, 2.45) is 0 Å². The molecule has 0 aliphatic carbocycles. The molecular weight excluding hydrogens is 348 g/mol. The van der Waals surface area contributed by atoms with Crippen LogP contribution in [0.1, 0.15) is 17.3 Å². The minimum atomic E-state index is -3.82. The van der Waals surface area contributed by atoms with Crippen LogP contribution in [-0.2, 0) is 24.3 Å². The molecule has 0 spiro atoms. The first-order valence-electron chi connectivity index (χ1n) is 7.95. The fourth-order valence-corrected chi connectivity index (χ4v) is 3.47. The van der Waals surface area contributed by atoms with E-state index in [2.05, 4.69) is 0 Å². The lowest BCUT2D eigenvalue weighted by Crippen LogP contribution is -2.46. The Bertz CT molecular complexity index is 711. The third kappa shape index (κ3) is 4.77. The van der Waals surface area contributed by atoms with Crippen molar-refractivity contribution in [2.45, 2.75) is 11.8 Å². The van der Waals surface area contributed by atoms with Crippen molar-refractivity contribution in [2.75, 3.05) is 46.5 Å². The number of hydrogen-bond acceptors (Lipinski definition) is 6. The summed E-state index contributed by atoms with van der Waals surface area (Å²) >= 11 is 0. The van der Waals surface area contributed by atoms with Gasteiger partial charge in [-0.3, -0.25) is 4.79 Å². The van der Waals surface area contributed by atoms with Crippen LogP contribution in [0.15, 0.2) is 29.2 Å². The summed E-state index contributed by atoms with van der Waals surface area (Å²) in [6.07, 6.45) is 0. The Balaban J connectivity index is 2.06. The third-order valence-corrected chi connectivity index (χ3v) is 5.61. The molecule has 9 heteroatoms. The maximum absolute atomic E-state index is 12.6. The Morgan fingerprint density at radius 2 is 1.80 bits per heavy atom. The molecule has 1 fully saturated rings. The molecule has 0 saturated carbocycles. The van der Waals surface area contributed by atoms with Gasteiger partial charge in [0.1, 0.15) is 0 Å². The van der Waals surface area contributed by atoms with Crippen molar-refractivity contribution in [3.63, 3.8) is 0 Å². The Hall–Kier alpha value is -1.97. The predicted molar refractivity (Wildman–Crippen MR) is 89.6 cm³/mol. The highest BCUT2D eigenvalue weighted by Crippen LogP contribution is 2.16. The molecule has 8 nitrogen and oxygen atoms in total. The van der Waals surface area contributed by atoms with E-state index in [0.717, 1.165) is 4.31 Å². The number of morpholine rings is 1. The van der Waals surface area contributed by atoms with Crippen LogP contribution in [0.3, 0.4) is 0 Å². The van der Waals surface area contributed by atoms with Gasteiger partial charge in [-0.15, -0.1) is 0 Å². The molecule has 138 valence electrons. The lowest BCUT2D eigenvalue weighted by molar-refractivity contribution is -0.135. The van der Waals surface area contributed by atoms with Gasteiger partial charge in [0.15, 0.2) is 0 Å². The van der Waals surface area contributed by atoms with Gasteiger partial charge in [-0.25, -0.2) is 13.2 Å². The summed E-state index contributed by atoms with van der Waals surface area (Å²) < 4.78 is 36.2. The van der Waals surface area contributed by atoms with Gasteiger partial charge in [-0.1, -0.05) is 0 Å². The highest BCUT2D eigenvalue weighted by Gasteiger charge is 2.26. The summed E-state index contributed by atoms with van der Waals surface area (Å²) in [6, 6.07) is 5.44. The second-order valence-electron chi connectivity index (χ2n) is 5.50. The van der Waals surface area contributed by atoms with E-state index in [1.54, 1.807) is 11.8 Å². The van der Waals surface area contributed by atoms with Crippen molar-refractivity contribution < 1.29 is 27.5 Å². The van der Waals surface area contributed by atoms with E-state index in [9.17, 15) is 18.0 Å². The van der Waals surface area contributed by atoms with Crippen LogP contribution >= 0.6 is 0 Å². The predicted octanol–water partition coefficient (Wildman–Crippen LogP) is 0.343. The van der Waals surface area contributed by atoms with Gasteiger partial charge in [-0.2, -0.15) is 4.31 Å². The smallest absolute Gasteiger partial charge is 0.338 e. The Kier molecular flexibility index (Phi) is 6.51. The summed E-state index contributed by atoms with van der Waals surface area (Å²) in [5.41, 5.74) is 0.271. The van der Waals surface area contributed by atoms with E-state index < -0.39 is 16.0 Å². The number of likely N-dealkylation sites (N-methyl/N-ethyl adjacent to an activating group) is 1. The zero-order valence-electron chi connectivity index (χ0n) is 14.3. The second-order valence-corrected chi connectivity index (χ2v) is 7.54. The van der Waals surface area contributed by atoms with Gasteiger partial charge in [-0.05, 0) is 31.2 Å². The molecule has 1 heterocycles. The van der Waals surface area contributed by atoms with Crippen molar-refractivity contribution in [1.82, 2.24) is 9.21 Å². The maximum Gasteiger partial charge on any atom is 0.338 e. The monoisotopic (exact) mass is 370 g/mol. The van der Waals surface area contributed by atoms with E-state index in [1.165, 1.54) is 31.3 Å². The van der Waals surface area contributed by atoms with Crippen LogP contribution < -0.4 is 0 Å². The summed E-state index contributed by atoms with van der Waals surface area (Å²) in [4.78, 5) is 25.4. The van der Waals surface area contributed by atoms with Crippen molar-refractivity contribution >= 4 is 21.9 Å². The molecule has 1 amide bonds. The molecule has 1 aliphatic heterocycles. The fourth-order valence-electron chi connectivity index (χ4n) is 2.35. The normalized spacial score (nSPS) is 15.2. The van der Waals surface area contributed by atoms with Crippen LogP contribution in [0.5, 0.6) is 0 Å². The highest BCUT2D eigenvalue weighted by molar-refractivity contribution is 7.89. The molecule has 0 N–H and O–H groups in total. The fraction of sp³-hybridized carbons (Fsp3) is 0.500. The molecule has 0 aromatic heterocycles. The zero-order valence-corrected chi connectivity index (χ0v) is 15.1. The van der Waals surface area contributed by atoms with E-state index in [4.69, 9.17) is 9.47 Å². The largest absolute Gasteiger partial charge is 0.462 e. The Labute approximate surface area is 147 Å². The molecule has 0 bridgehead atoms. The number of nitrogens with zero attached hydrogens (tertiary/aromatic N) is 2. The molecule has 0 atom stereocenters. The summed E-state index contributed by atoms with van der Waals surface area (Å²) in [7, 11) is -2.47. The Morgan fingerprint density at radius 1 is 1.20 bits per heavy atom. The van der Waals surface area contributed by atoms with Gasteiger partial charge in [0.05, 0.1) is 36.8 Å². The number of carbonyl (C=O) groups excluding carboxylic acids is 2. The SMILES string of the molecule is CCOC(=O)c1ccc(S(=O)(=O)N(C)CC(=O)N2CCOCC2)cc1. The van der Waals surface area contributed by atoms with Gasteiger partial charge in [0.25, 0.3) is 0 Å². The summed E-state index contributed by atoms with van der Waals surface area (Å²) in [5, 5.41) is 0. The van der Waals surface area contributed by atoms with Gasteiger partial charge < -0.3 is 14.4 Å². The number of ether oxygens (including phenoxy) is 2. The van der Waals surface area contributed by atoms with Gasteiger partial charge >= 0.3 is 5.97 Å². The minimum Gasteiger partial charge on any atom is -0.462 e. The summed E-state index contributed by atoms with van der Waals surface area (Å²) in [6.45, 7) is 3.52. The molecule has 1 aromatic carbocycles. The molecule has 0 unspecified atom stereocenters. The lowest BCUT2D eigenvalue weighted by atomic mass is 10.2. The molecular formula is C16H22N2O6S. The number of benzene rings is 1. The first-order valence-corrected chi connectivity index (χ1v) is 9.39. The molecule has 2 rings (SSSR count). The second kappa shape index (κ2) is 8.41. The van der Waals surface area contributed by atoms with Crippen LogP contribution in [0, 0.1) is 0 Å². The zero-order chi connectivity index (χ0) is 18.4. The minimum absolute atomic E-state index is 0.0119. The van der Waals surface area contributed by atoms with E-state index >= 15 is 0 Å². The van der Waals surface area contributed by atoms with Crippen LogP contribution in [0.2, 0.25) is 0 Å². The van der Waals surface area contributed by atoms with E-state index in [1.807, 2.05) is 0 Å². The van der Waals surface area contributed by atoms with Gasteiger partial charge in [0.2, 0.25) is 15.9 Å². The molecule has 25 heavy (non-hydrogen) atoms. The topological polar surface area (TPSA) is 93.2 Å². The quantitative estimate of drug-likeness (QED) is 0.671. The summed E-state index contributed by atoms with van der Waals surface area (Å²) in [5.74, 6) is -0.778. The third-order valence-electron chi connectivity index (χ3n) is 3.80. The maximum atomic E-state index is 12.6. The molecule has 1 aromatic rings. The van der Waals surface area contributed by atoms with Crippen molar-refractivity contribution in [3.05, 3.63) is 29.8 Å². The van der Waals surface area contributed by atoms with Crippen molar-refractivity contribution in [3.8, 4) is 0 Å². The number of carbonyl (C=O) groups is 2. The average molecular weight is 370 g/mol. The number of esters is 1. The van der Waals surface area contributed by atoms with Crippen molar-refractivity contribution in [1.29, 1.82) is 0 Å². The highest BCUT2D eigenvalue weighted by atomic mass is 32.2. The number of hydrogen-bond donors (Lipinski definition) is 0. The molecule has 0 radical (unpaired) electrons. The number of sulfonamides is 1. The lowest BCUT2D eigenvalue weighted by Gasteiger charge is -2.28.